The lowest BCUT2D eigenvalue weighted by Crippen LogP contribution is -2.38. The van der Waals surface area contributed by atoms with Crippen LogP contribution in [-0.4, -0.2) is 23.0 Å². The van der Waals surface area contributed by atoms with Crippen LogP contribution in [0.2, 0.25) is 0 Å². The summed E-state index contributed by atoms with van der Waals surface area (Å²) in [5.41, 5.74) is 0.699. The van der Waals surface area contributed by atoms with Crippen molar-refractivity contribution < 1.29 is 14.7 Å². The molecule has 0 aromatic carbocycles. The summed E-state index contributed by atoms with van der Waals surface area (Å²) in [5.74, 6) is -1.000. The lowest BCUT2D eigenvalue weighted by atomic mass is 9.86. The highest BCUT2D eigenvalue weighted by atomic mass is 127. The number of carbonyl (C=O) groups is 2. The molecule has 0 radical (unpaired) electrons. The van der Waals surface area contributed by atoms with E-state index in [0.29, 0.717) is 18.4 Å². The molecule has 2 rings (SSSR count). The Morgan fingerprint density at radius 2 is 2.00 bits per heavy atom. The number of carbonyl (C=O) groups excluding carboxylic acids is 1. The lowest BCUT2D eigenvalue weighted by molar-refractivity contribution is -0.142. The number of carboxylic acids is 1. The Morgan fingerprint density at radius 3 is 2.50 bits per heavy atom. The lowest BCUT2D eigenvalue weighted by Gasteiger charge is -2.26. The van der Waals surface area contributed by atoms with Gasteiger partial charge < -0.3 is 10.4 Å². The molecule has 6 heteroatoms. The van der Waals surface area contributed by atoms with Crippen molar-refractivity contribution in [1.82, 2.24) is 5.32 Å². The average Bonchev–Trinajstić information content (AvgIpc) is 2.76. The van der Waals surface area contributed by atoms with Crippen molar-refractivity contribution in [1.29, 1.82) is 0 Å². The van der Waals surface area contributed by atoms with E-state index in [-0.39, 0.29) is 17.9 Å². The number of hydrogen-bond donors (Lipinski definition) is 2. The van der Waals surface area contributed by atoms with Crippen molar-refractivity contribution in [3.05, 3.63) is 19.9 Å². The maximum Gasteiger partial charge on any atom is 0.306 e. The van der Waals surface area contributed by atoms with Crippen LogP contribution >= 0.6 is 33.9 Å². The summed E-state index contributed by atoms with van der Waals surface area (Å²) >= 11 is 3.74. The summed E-state index contributed by atoms with van der Waals surface area (Å²) in [7, 11) is 0. The number of amides is 1. The largest absolute Gasteiger partial charge is 0.481 e. The molecule has 1 aromatic heterocycles. The fraction of sp³-hybridized carbons (Fsp3) is 0.500. The van der Waals surface area contributed by atoms with Crippen LogP contribution in [0.1, 0.15) is 36.0 Å². The number of carboxylic acid groups (broad SMARTS) is 1. The minimum atomic E-state index is -0.716. The predicted octanol–water partition coefficient (Wildman–Crippen LogP) is 2.73. The Hall–Kier alpha value is -0.630. The van der Waals surface area contributed by atoms with E-state index in [0.717, 1.165) is 15.7 Å². The Bertz CT molecular complexity index is 452. The number of rotatable bonds is 3. The van der Waals surface area contributed by atoms with E-state index in [9.17, 15) is 9.59 Å². The second-order valence-corrected chi connectivity index (χ2v) is 7.31. The number of thiophene rings is 1. The first kappa shape index (κ1) is 13.8. The molecule has 1 amide bonds. The molecule has 1 saturated carbocycles. The fourth-order valence-electron chi connectivity index (χ4n) is 2.18. The normalized spacial score (nSPS) is 23.6. The predicted molar refractivity (Wildman–Crippen MR) is 77.9 cm³/mol. The van der Waals surface area contributed by atoms with E-state index in [4.69, 9.17) is 5.11 Å². The quantitative estimate of drug-likeness (QED) is 0.794. The molecule has 1 heterocycles. The molecular formula is C12H14INO3S. The molecule has 1 fully saturated rings. The van der Waals surface area contributed by atoms with Crippen LogP contribution in [0.15, 0.2) is 11.4 Å². The van der Waals surface area contributed by atoms with E-state index in [2.05, 4.69) is 27.9 Å². The van der Waals surface area contributed by atoms with Crippen molar-refractivity contribution >= 4 is 45.8 Å². The van der Waals surface area contributed by atoms with Crippen molar-refractivity contribution in [3.8, 4) is 0 Å². The van der Waals surface area contributed by atoms with Gasteiger partial charge in [-0.2, -0.15) is 0 Å². The van der Waals surface area contributed by atoms with Crippen molar-refractivity contribution in [3.63, 3.8) is 0 Å². The molecule has 0 spiro atoms. The molecular weight excluding hydrogens is 365 g/mol. The van der Waals surface area contributed by atoms with Crippen molar-refractivity contribution in [2.24, 2.45) is 5.92 Å². The van der Waals surface area contributed by atoms with Gasteiger partial charge in [0, 0.05) is 11.4 Å². The van der Waals surface area contributed by atoms with Crippen LogP contribution in [0, 0.1) is 8.80 Å². The topological polar surface area (TPSA) is 66.4 Å². The number of nitrogens with one attached hydrogen (secondary N) is 1. The van der Waals surface area contributed by atoms with Gasteiger partial charge in [0.25, 0.3) is 5.91 Å². The van der Waals surface area contributed by atoms with E-state index < -0.39 is 5.97 Å². The minimum absolute atomic E-state index is 0.0482. The highest BCUT2D eigenvalue weighted by Gasteiger charge is 2.26. The van der Waals surface area contributed by atoms with Gasteiger partial charge in [-0.3, -0.25) is 9.59 Å². The first-order chi connectivity index (χ1) is 8.56. The minimum Gasteiger partial charge on any atom is -0.481 e. The highest BCUT2D eigenvalue weighted by Crippen LogP contribution is 2.25. The molecule has 18 heavy (non-hydrogen) atoms. The molecule has 0 bridgehead atoms. The van der Waals surface area contributed by atoms with E-state index >= 15 is 0 Å². The third-order valence-electron chi connectivity index (χ3n) is 3.24. The monoisotopic (exact) mass is 379 g/mol. The molecule has 4 nitrogen and oxygen atoms in total. The first-order valence-corrected chi connectivity index (χ1v) is 7.80. The maximum absolute atomic E-state index is 11.9. The van der Waals surface area contributed by atoms with Crippen molar-refractivity contribution in [2.45, 2.75) is 31.7 Å². The van der Waals surface area contributed by atoms with Crippen molar-refractivity contribution in [2.75, 3.05) is 0 Å². The van der Waals surface area contributed by atoms with Gasteiger partial charge in [-0.05, 0) is 54.3 Å². The van der Waals surface area contributed by atoms with Gasteiger partial charge in [0.1, 0.15) is 0 Å². The maximum atomic E-state index is 11.9. The van der Waals surface area contributed by atoms with Gasteiger partial charge >= 0.3 is 5.97 Å². The SMILES string of the molecule is O=C(NC1CCC(C(=O)O)CC1)c1csc(I)c1. The zero-order valence-electron chi connectivity index (χ0n) is 9.69. The van der Waals surface area contributed by atoms with Crippen LogP contribution in [-0.2, 0) is 4.79 Å². The molecule has 0 unspecified atom stereocenters. The Kier molecular flexibility index (Phi) is 4.60. The number of halogens is 1. The molecule has 2 N–H and O–H groups in total. The summed E-state index contributed by atoms with van der Waals surface area (Å²) in [6.45, 7) is 0. The Labute approximate surface area is 123 Å². The van der Waals surface area contributed by atoms with Gasteiger partial charge in [0.05, 0.1) is 14.4 Å². The number of hydrogen-bond acceptors (Lipinski definition) is 3. The fourth-order valence-corrected chi connectivity index (χ4v) is 3.51. The van der Waals surface area contributed by atoms with Gasteiger partial charge in [-0.15, -0.1) is 11.3 Å². The van der Waals surface area contributed by atoms with Crippen LogP contribution in [0.5, 0.6) is 0 Å². The van der Waals surface area contributed by atoms with Gasteiger partial charge in [-0.25, -0.2) is 0 Å². The summed E-state index contributed by atoms with van der Waals surface area (Å²) in [6.07, 6.45) is 2.82. The highest BCUT2D eigenvalue weighted by molar-refractivity contribution is 14.1. The Balaban J connectivity index is 1.85. The first-order valence-electron chi connectivity index (χ1n) is 5.84. The smallest absolute Gasteiger partial charge is 0.306 e. The summed E-state index contributed by atoms with van der Waals surface area (Å²) in [4.78, 5) is 22.7. The molecule has 1 aliphatic rings. The van der Waals surface area contributed by atoms with Gasteiger partial charge in [0.15, 0.2) is 0 Å². The number of aliphatic carboxylic acids is 1. The zero-order chi connectivity index (χ0) is 13.1. The standard InChI is InChI=1S/C12H14INO3S/c13-10-5-8(6-18-10)11(15)14-9-3-1-7(2-4-9)12(16)17/h5-7,9H,1-4H2,(H,14,15)(H,16,17). The van der Waals surface area contributed by atoms with Crippen LogP contribution in [0.25, 0.3) is 0 Å². The Morgan fingerprint density at radius 1 is 1.33 bits per heavy atom. The molecule has 1 aliphatic carbocycles. The van der Waals surface area contributed by atoms with Crippen LogP contribution < -0.4 is 5.32 Å². The third kappa shape index (κ3) is 3.44. The van der Waals surface area contributed by atoms with Gasteiger partial charge in [0.2, 0.25) is 0 Å². The van der Waals surface area contributed by atoms with Crippen LogP contribution in [0.4, 0.5) is 0 Å². The zero-order valence-corrected chi connectivity index (χ0v) is 12.7. The molecule has 0 aliphatic heterocycles. The molecule has 0 atom stereocenters. The third-order valence-corrected chi connectivity index (χ3v) is 5.03. The molecule has 1 aromatic rings. The molecule has 0 saturated heterocycles. The summed E-state index contributed by atoms with van der Waals surface area (Å²) in [5, 5.41) is 13.7. The summed E-state index contributed by atoms with van der Waals surface area (Å²) in [6, 6.07) is 1.98. The van der Waals surface area contributed by atoms with E-state index in [1.807, 2.05) is 11.4 Å². The average molecular weight is 379 g/mol. The van der Waals surface area contributed by atoms with E-state index in [1.165, 1.54) is 0 Å². The molecule has 98 valence electrons. The van der Waals surface area contributed by atoms with E-state index in [1.54, 1.807) is 11.3 Å². The summed E-state index contributed by atoms with van der Waals surface area (Å²) < 4.78 is 1.09. The van der Waals surface area contributed by atoms with Crippen LogP contribution in [0.3, 0.4) is 0 Å². The second kappa shape index (κ2) is 6.01. The second-order valence-electron chi connectivity index (χ2n) is 4.50. The van der Waals surface area contributed by atoms with Gasteiger partial charge in [-0.1, -0.05) is 0 Å².